The molecule has 0 radical (unpaired) electrons. The zero-order chi connectivity index (χ0) is 19.1. The van der Waals surface area contributed by atoms with E-state index in [0.717, 1.165) is 29.5 Å². The zero-order valence-electron chi connectivity index (χ0n) is 15.3. The van der Waals surface area contributed by atoms with Crippen molar-refractivity contribution in [3.8, 4) is 5.88 Å². The SMILES string of the molecule is O=C1c2ccccc2C(=O)N1CCCCOc1ncnc2sc3c(c12)CCC3. The summed E-state index contributed by atoms with van der Waals surface area (Å²) in [5, 5.41) is 1.07. The smallest absolute Gasteiger partial charge is 0.261 e. The van der Waals surface area contributed by atoms with E-state index in [9.17, 15) is 9.59 Å². The molecule has 142 valence electrons. The molecule has 1 aliphatic heterocycles. The Morgan fingerprint density at radius 1 is 1.04 bits per heavy atom. The van der Waals surface area contributed by atoms with Crippen LogP contribution in [0.15, 0.2) is 30.6 Å². The summed E-state index contributed by atoms with van der Waals surface area (Å²) in [5.74, 6) is 0.255. The molecule has 7 heteroatoms. The number of imide groups is 1. The van der Waals surface area contributed by atoms with Crippen molar-refractivity contribution in [2.75, 3.05) is 13.2 Å². The van der Waals surface area contributed by atoms with Crippen LogP contribution in [0, 0.1) is 0 Å². The molecule has 2 aliphatic rings. The van der Waals surface area contributed by atoms with Gasteiger partial charge in [-0.2, -0.15) is 0 Å². The van der Waals surface area contributed by atoms with Crippen molar-refractivity contribution in [1.82, 2.24) is 14.9 Å². The van der Waals surface area contributed by atoms with Gasteiger partial charge in [0.05, 0.1) is 23.1 Å². The number of ether oxygens (including phenoxy) is 1. The number of benzene rings is 1. The molecule has 1 aliphatic carbocycles. The van der Waals surface area contributed by atoms with Crippen LogP contribution < -0.4 is 4.74 Å². The van der Waals surface area contributed by atoms with Gasteiger partial charge in [0.25, 0.3) is 11.8 Å². The van der Waals surface area contributed by atoms with Gasteiger partial charge in [-0.05, 0) is 49.8 Å². The van der Waals surface area contributed by atoms with Crippen LogP contribution in [0.1, 0.15) is 50.4 Å². The second kappa shape index (κ2) is 6.98. The predicted octanol–water partition coefficient (Wildman–Crippen LogP) is 3.64. The van der Waals surface area contributed by atoms with Crippen LogP contribution in [-0.2, 0) is 12.8 Å². The molecule has 0 saturated heterocycles. The molecule has 0 saturated carbocycles. The lowest BCUT2D eigenvalue weighted by atomic mass is 10.1. The number of hydrogen-bond donors (Lipinski definition) is 0. The van der Waals surface area contributed by atoms with E-state index in [4.69, 9.17) is 4.74 Å². The van der Waals surface area contributed by atoms with Gasteiger partial charge in [0.2, 0.25) is 5.88 Å². The first-order chi connectivity index (χ1) is 13.7. The third kappa shape index (κ3) is 2.77. The van der Waals surface area contributed by atoms with Crippen LogP contribution >= 0.6 is 11.3 Å². The lowest BCUT2D eigenvalue weighted by Gasteiger charge is -2.13. The first kappa shape index (κ1) is 17.3. The maximum atomic E-state index is 12.4. The van der Waals surface area contributed by atoms with Gasteiger partial charge in [-0.1, -0.05) is 12.1 Å². The Labute approximate surface area is 166 Å². The molecule has 0 bridgehead atoms. The van der Waals surface area contributed by atoms with Crippen molar-refractivity contribution in [2.24, 2.45) is 0 Å². The second-order valence-electron chi connectivity index (χ2n) is 7.08. The van der Waals surface area contributed by atoms with Crippen LogP contribution in [0.25, 0.3) is 10.2 Å². The van der Waals surface area contributed by atoms with Crippen molar-refractivity contribution in [3.05, 3.63) is 52.2 Å². The number of carbonyl (C=O) groups excluding carboxylic acids is 2. The van der Waals surface area contributed by atoms with Crippen LogP contribution in [0.2, 0.25) is 0 Å². The maximum absolute atomic E-state index is 12.4. The number of unbranched alkanes of at least 4 members (excludes halogenated alkanes) is 1. The molecule has 2 aromatic heterocycles. The van der Waals surface area contributed by atoms with Crippen molar-refractivity contribution in [1.29, 1.82) is 0 Å². The normalized spacial score (nSPS) is 15.4. The van der Waals surface area contributed by atoms with Gasteiger partial charge in [-0.25, -0.2) is 9.97 Å². The molecule has 0 spiro atoms. The minimum atomic E-state index is -0.201. The molecule has 3 heterocycles. The number of nitrogens with zero attached hydrogens (tertiary/aromatic N) is 3. The van der Waals surface area contributed by atoms with Crippen molar-refractivity contribution < 1.29 is 14.3 Å². The molecule has 0 atom stereocenters. The molecule has 28 heavy (non-hydrogen) atoms. The highest BCUT2D eigenvalue weighted by atomic mass is 32.1. The highest BCUT2D eigenvalue weighted by molar-refractivity contribution is 7.18. The van der Waals surface area contributed by atoms with Crippen LogP contribution in [0.4, 0.5) is 0 Å². The largest absolute Gasteiger partial charge is 0.477 e. The lowest BCUT2D eigenvalue weighted by molar-refractivity contribution is 0.0649. The Morgan fingerprint density at radius 2 is 1.82 bits per heavy atom. The lowest BCUT2D eigenvalue weighted by Crippen LogP contribution is -2.30. The Balaban J connectivity index is 1.19. The molecule has 2 amide bonds. The second-order valence-corrected chi connectivity index (χ2v) is 8.16. The summed E-state index contributed by atoms with van der Waals surface area (Å²) in [5.41, 5.74) is 2.35. The van der Waals surface area contributed by atoms with Gasteiger partial charge >= 0.3 is 0 Å². The standard InChI is InChI=1S/C21H19N3O3S/c25-20-13-6-1-2-7-14(13)21(26)24(20)10-3-4-11-27-18-17-15-8-5-9-16(15)28-19(17)23-12-22-18/h1-2,6-7,12H,3-5,8-11H2. The summed E-state index contributed by atoms with van der Waals surface area (Å²) < 4.78 is 5.95. The summed E-state index contributed by atoms with van der Waals surface area (Å²) in [6, 6.07) is 6.98. The van der Waals surface area contributed by atoms with Crippen LogP contribution in [0.3, 0.4) is 0 Å². The summed E-state index contributed by atoms with van der Waals surface area (Å²) in [7, 11) is 0. The Bertz CT molecular complexity index is 1060. The number of rotatable bonds is 6. The number of aromatic nitrogens is 2. The highest BCUT2D eigenvalue weighted by Crippen LogP contribution is 2.39. The van der Waals surface area contributed by atoms with Gasteiger partial charge < -0.3 is 4.74 Å². The molecular formula is C21H19N3O3S. The van der Waals surface area contributed by atoms with E-state index in [1.807, 2.05) is 0 Å². The minimum Gasteiger partial charge on any atom is -0.477 e. The van der Waals surface area contributed by atoms with Gasteiger partial charge in [-0.3, -0.25) is 14.5 Å². The Morgan fingerprint density at radius 3 is 2.61 bits per heavy atom. The Hall–Kier alpha value is -2.80. The van der Waals surface area contributed by atoms with E-state index >= 15 is 0 Å². The third-order valence-corrected chi connectivity index (χ3v) is 6.56. The van der Waals surface area contributed by atoms with E-state index in [2.05, 4.69) is 9.97 Å². The predicted molar refractivity (Wildman–Crippen MR) is 106 cm³/mol. The number of fused-ring (bicyclic) bond motifs is 4. The first-order valence-electron chi connectivity index (χ1n) is 9.57. The van der Waals surface area contributed by atoms with E-state index in [1.165, 1.54) is 21.8 Å². The molecule has 6 nitrogen and oxygen atoms in total. The van der Waals surface area contributed by atoms with E-state index in [1.54, 1.807) is 41.9 Å². The molecule has 1 aromatic carbocycles. The van der Waals surface area contributed by atoms with Gasteiger partial charge in [0, 0.05) is 11.4 Å². The Kier molecular flexibility index (Phi) is 4.31. The minimum absolute atomic E-state index is 0.201. The zero-order valence-corrected chi connectivity index (χ0v) is 16.1. The molecule has 3 aromatic rings. The first-order valence-corrected chi connectivity index (χ1v) is 10.4. The van der Waals surface area contributed by atoms with Crippen molar-refractivity contribution >= 4 is 33.4 Å². The average molecular weight is 393 g/mol. The summed E-state index contributed by atoms with van der Waals surface area (Å²) in [6.07, 6.45) is 6.37. The third-order valence-electron chi connectivity index (χ3n) is 5.36. The quantitative estimate of drug-likeness (QED) is 0.472. The maximum Gasteiger partial charge on any atom is 0.261 e. The number of carbonyl (C=O) groups is 2. The molecule has 0 N–H and O–H groups in total. The fraction of sp³-hybridized carbons (Fsp3) is 0.333. The van der Waals surface area contributed by atoms with E-state index in [0.29, 0.717) is 36.6 Å². The fourth-order valence-electron chi connectivity index (χ4n) is 3.99. The van der Waals surface area contributed by atoms with Gasteiger partial charge in [-0.15, -0.1) is 11.3 Å². The van der Waals surface area contributed by atoms with Crippen molar-refractivity contribution in [3.63, 3.8) is 0 Å². The summed E-state index contributed by atoms with van der Waals surface area (Å²) in [6.45, 7) is 0.905. The van der Waals surface area contributed by atoms with Gasteiger partial charge in [0.15, 0.2) is 0 Å². The van der Waals surface area contributed by atoms with Gasteiger partial charge in [0.1, 0.15) is 11.2 Å². The summed E-state index contributed by atoms with van der Waals surface area (Å²) >= 11 is 1.74. The number of thiophene rings is 1. The number of amides is 2. The van der Waals surface area contributed by atoms with Crippen LogP contribution in [0.5, 0.6) is 5.88 Å². The average Bonchev–Trinajstić information content (AvgIpc) is 3.36. The fourth-order valence-corrected chi connectivity index (χ4v) is 5.21. The topological polar surface area (TPSA) is 72.4 Å². The molecule has 0 unspecified atom stereocenters. The van der Waals surface area contributed by atoms with E-state index < -0.39 is 0 Å². The molecule has 0 fully saturated rings. The van der Waals surface area contributed by atoms with Crippen molar-refractivity contribution in [2.45, 2.75) is 32.1 Å². The number of hydrogen-bond acceptors (Lipinski definition) is 6. The number of aryl methyl sites for hydroxylation is 2. The summed E-state index contributed by atoms with van der Waals surface area (Å²) in [4.78, 5) is 37.2. The van der Waals surface area contributed by atoms with E-state index in [-0.39, 0.29) is 11.8 Å². The molecule has 5 rings (SSSR count). The highest BCUT2D eigenvalue weighted by Gasteiger charge is 2.34. The van der Waals surface area contributed by atoms with Crippen LogP contribution in [-0.4, -0.2) is 39.8 Å². The molecular weight excluding hydrogens is 374 g/mol. The monoisotopic (exact) mass is 393 g/mol.